The average molecular weight is 321 g/mol. The van der Waals surface area contributed by atoms with Gasteiger partial charge in [-0.2, -0.15) is 5.10 Å². The van der Waals surface area contributed by atoms with Crippen molar-refractivity contribution in [3.05, 3.63) is 51.3 Å². The van der Waals surface area contributed by atoms with E-state index in [1.54, 1.807) is 10.9 Å². The third-order valence-electron chi connectivity index (χ3n) is 3.22. The molecule has 2 rings (SSSR count). The zero-order valence-corrected chi connectivity index (χ0v) is 13.2. The van der Waals surface area contributed by atoms with Crippen molar-refractivity contribution < 1.29 is 4.79 Å². The SMILES string of the molecule is Cc1ccc(C(=O)c2c(Br)cnn2C(C)C)cc1C. The highest BCUT2D eigenvalue weighted by atomic mass is 79.9. The van der Waals surface area contributed by atoms with Gasteiger partial charge in [-0.3, -0.25) is 9.48 Å². The van der Waals surface area contributed by atoms with E-state index in [0.717, 1.165) is 10.0 Å². The molecule has 19 heavy (non-hydrogen) atoms. The molecule has 0 saturated carbocycles. The van der Waals surface area contributed by atoms with Crippen LogP contribution in [0.25, 0.3) is 0 Å². The molecule has 0 bridgehead atoms. The predicted octanol–water partition coefficient (Wildman–Crippen LogP) is 4.07. The molecular weight excluding hydrogens is 304 g/mol. The Morgan fingerprint density at radius 3 is 2.53 bits per heavy atom. The van der Waals surface area contributed by atoms with Gasteiger partial charge in [-0.15, -0.1) is 0 Å². The summed E-state index contributed by atoms with van der Waals surface area (Å²) in [5.41, 5.74) is 3.62. The number of benzene rings is 1. The minimum absolute atomic E-state index is 0.00109. The summed E-state index contributed by atoms with van der Waals surface area (Å²) in [4.78, 5) is 12.6. The summed E-state index contributed by atoms with van der Waals surface area (Å²) in [7, 11) is 0. The fourth-order valence-electron chi connectivity index (χ4n) is 1.96. The van der Waals surface area contributed by atoms with Crippen LogP contribution in [0.4, 0.5) is 0 Å². The summed E-state index contributed by atoms with van der Waals surface area (Å²) in [6.07, 6.45) is 1.67. The van der Waals surface area contributed by atoms with E-state index in [-0.39, 0.29) is 11.8 Å². The lowest BCUT2D eigenvalue weighted by Crippen LogP contribution is -2.14. The molecule has 0 radical (unpaired) electrons. The van der Waals surface area contributed by atoms with E-state index in [0.29, 0.717) is 11.3 Å². The quantitative estimate of drug-likeness (QED) is 0.799. The van der Waals surface area contributed by atoms with Crippen molar-refractivity contribution in [3.63, 3.8) is 0 Å². The molecule has 100 valence electrons. The zero-order chi connectivity index (χ0) is 14.2. The lowest BCUT2D eigenvalue weighted by molar-refractivity contribution is 0.102. The molecule has 0 aliphatic heterocycles. The Morgan fingerprint density at radius 1 is 1.26 bits per heavy atom. The van der Waals surface area contributed by atoms with E-state index in [9.17, 15) is 4.79 Å². The maximum Gasteiger partial charge on any atom is 0.212 e. The molecule has 0 fully saturated rings. The largest absolute Gasteiger partial charge is 0.287 e. The average Bonchev–Trinajstić information content (AvgIpc) is 2.74. The molecule has 2 aromatic rings. The lowest BCUT2D eigenvalue weighted by atomic mass is 10.0. The van der Waals surface area contributed by atoms with E-state index in [1.807, 2.05) is 45.9 Å². The fourth-order valence-corrected chi connectivity index (χ4v) is 2.42. The lowest BCUT2D eigenvalue weighted by Gasteiger charge is -2.11. The molecule has 0 saturated heterocycles. The summed E-state index contributed by atoms with van der Waals surface area (Å²) in [5, 5.41) is 4.25. The number of nitrogens with zero attached hydrogens (tertiary/aromatic N) is 2. The van der Waals surface area contributed by atoms with Gasteiger partial charge in [0, 0.05) is 11.6 Å². The van der Waals surface area contributed by atoms with Gasteiger partial charge >= 0.3 is 0 Å². The number of aromatic nitrogens is 2. The molecule has 0 aliphatic carbocycles. The van der Waals surface area contributed by atoms with Crippen molar-refractivity contribution in [2.45, 2.75) is 33.7 Å². The number of ketones is 1. The van der Waals surface area contributed by atoms with Crippen molar-refractivity contribution in [2.24, 2.45) is 0 Å². The van der Waals surface area contributed by atoms with Crippen LogP contribution >= 0.6 is 15.9 Å². The second-order valence-electron chi connectivity index (χ2n) is 5.01. The van der Waals surface area contributed by atoms with Crippen molar-refractivity contribution in [1.82, 2.24) is 9.78 Å². The van der Waals surface area contributed by atoms with E-state index >= 15 is 0 Å². The first-order valence-corrected chi connectivity index (χ1v) is 7.06. The topological polar surface area (TPSA) is 34.9 Å². The maximum absolute atomic E-state index is 12.6. The number of hydrogen-bond donors (Lipinski definition) is 0. The number of carbonyl (C=O) groups is 1. The molecule has 0 N–H and O–H groups in total. The number of aryl methyl sites for hydroxylation is 2. The van der Waals surface area contributed by atoms with Crippen LogP contribution < -0.4 is 0 Å². The minimum atomic E-state index is 0.00109. The molecule has 4 heteroatoms. The summed E-state index contributed by atoms with van der Waals surface area (Å²) in [6, 6.07) is 5.93. The van der Waals surface area contributed by atoms with E-state index < -0.39 is 0 Å². The molecule has 1 aromatic heterocycles. The van der Waals surface area contributed by atoms with Crippen LogP contribution in [0.3, 0.4) is 0 Å². The van der Waals surface area contributed by atoms with Gasteiger partial charge < -0.3 is 0 Å². The first kappa shape index (κ1) is 14.0. The Labute approximate surface area is 121 Å². The van der Waals surface area contributed by atoms with Gasteiger partial charge in [0.1, 0.15) is 5.69 Å². The van der Waals surface area contributed by atoms with Gasteiger partial charge in [0.05, 0.1) is 10.7 Å². The van der Waals surface area contributed by atoms with Crippen LogP contribution in [0.15, 0.2) is 28.9 Å². The van der Waals surface area contributed by atoms with Crippen LogP contribution in [-0.4, -0.2) is 15.6 Å². The van der Waals surface area contributed by atoms with Crippen LogP contribution in [0.5, 0.6) is 0 Å². The number of hydrogen-bond acceptors (Lipinski definition) is 2. The number of halogens is 1. The fraction of sp³-hybridized carbons (Fsp3) is 0.333. The van der Waals surface area contributed by atoms with Crippen molar-refractivity contribution >= 4 is 21.7 Å². The normalized spacial score (nSPS) is 11.1. The molecule has 0 atom stereocenters. The van der Waals surface area contributed by atoms with E-state index in [4.69, 9.17) is 0 Å². The second-order valence-corrected chi connectivity index (χ2v) is 5.86. The highest BCUT2D eigenvalue weighted by molar-refractivity contribution is 9.10. The summed E-state index contributed by atoms with van der Waals surface area (Å²) in [5.74, 6) is 0.00109. The Bertz CT molecular complexity index is 629. The van der Waals surface area contributed by atoms with Crippen LogP contribution in [0.2, 0.25) is 0 Å². The molecule has 1 aromatic carbocycles. The van der Waals surface area contributed by atoms with Crippen molar-refractivity contribution in [3.8, 4) is 0 Å². The Kier molecular flexibility index (Phi) is 3.90. The van der Waals surface area contributed by atoms with Crippen LogP contribution in [0.1, 0.15) is 47.1 Å². The maximum atomic E-state index is 12.6. The highest BCUT2D eigenvalue weighted by Gasteiger charge is 2.20. The molecule has 1 heterocycles. The van der Waals surface area contributed by atoms with E-state index in [1.165, 1.54) is 5.56 Å². The summed E-state index contributed by atoms with van der Waals surface area (Å²) >= 11 is 3.41. The zero-order valence-electron chi connectivity index (χ0n) is 11.6. The third-order valence-corrected chi connectivity index (χ3v) is 3.80. The van der Waals surface area contributed by atoms with Gasteiger partial charge in [0.25, 0.3) is 0 Å². The molecule has 0 amide bonds. The van der Waals surface area contributed by atoms with Crippen LogP contribution in [0, 0.1) is 13.8 Å². The van der Waals surface area contributed by atoms with Crippen LogP contribution in [-0.2, 0) is 0 Å². The monoisotopic (exact) mass is 320 g/mol. The first-order valence-electron chi connectivity index (χ1n) is 6.26. The molecule has 3 nitrogen and oxygen atoms in total. The molecule has 0 unspecified atom stereocenters. The predicted molar refractivity (Wildman–Crippen MR) is 79.7 cm³/mol. The number of carbonyl (C=O) groups excluding carboxylic acids is 1. The van der Waals surface area contributed by atoms with Gasteiger partial charge in [-0.25, -0.2) is 0 Å². The molecule has 0 spiro atoms. The smallest absolute Gasteiger partial charge is 0.212 e. The molecule has 0 aliphatic rings. The van der Waals surface area contributed by atoms with Gasteiger partial charge in [0.2, 0.25) is 5.78 Å². The van der Waals surface area contributed by atoms with E-state index in [2.05, 4.69) is 21.0 Å². The number of rotatable bonds is 3. The summed E-state index contributed by atoms with van der Waals surface area (Å²) < 4.78 is 2.49. The van der Waals surface area contributed by atoms with Gasteiger partial charge in [-0.1, -0.05) is 12.1 Å². The first-order chi connectivity index (χ1) is 8.91. The molecular formula is C15H17BrN2O. The highest BCUT2D eigenvalue weighted by Crippen LogP contribution is 2.23. The second kappa shape index (κ2) is 5.29. The Hall–Kier alpha value is -1.42. The Balaban J connectivity index is 2.49. The van der Waals surface area contributed by atoms with Gasteiger partial charge in [0.15, 0.2) is 0 Å². The van der Waals surface area contributed by atoms with Gasteiger partial charge in [-0.05, 0) is 60.8 Å². The summed E-state index contributed by atoms with van der Waals surface area (Å²) in [6.45, 7) is 8.08. The van der Waals surface area contributed by atoms with Crippen molar-refractivity contribution in [2.75, 3.05) is 0 Å². The Morgan fingerprint density at radius 2 is 1.95 bits per heavy atom. The van der Waals surface area contributed by atoms with Crippen molar-refractivity contribution in [1.29, 1.82) is 0 Å². The minimum Gasteiger partial charge on any atom is -0.287 e. The standard InChI is InChI=1S/C15H17BrN2O/c1-9(2)18-14(13(16)8-17-18)15(19)12-6-5-10(3)11(4)7-12/h5-9H,1-4H3. The third kappa shape index (κ3) is 2.63.